The number of hydrogen-bond acceptors (Lipinski definition) is 4. The predicted molar refractivity (Wildman–Crippen MR) is 72.5 cm³/mol. The number of nitrogens with zero attached hydrogens (tertiary/aromatic N) is 2. The third-order valence-corrected chi connectivity index (χ3v) is 2.80. The highest BCUT2D eigenvalue weighted by atomic mass is 16.5. The molecule has 0 spiro atoms. The minimum absolute atomic E-state index is 0.448. The number of aryl methyl sites for hydroxylation is 2. The Morgan fingerprint density at radius 1 is 1.16 bits per heavy atom. The van der Waals surface area contributed by atoms with Gasteiger partial charge >= 0.3 is 0 Å². The molecule has 0 aliphatic heterocycles. The van der Waals surface area contributed by atoms with Crippen LogP contribution in [0.2, 0.25) is 0 Å². The van der Waals surface area contributed by atoms with Crippen LogP contribution < -0.4 is 0 Å². The Bertz CT molecular complexity index is 555. The van der Waals surface area contributed by atoms with E-state index in [1.54, 1.807) is 12.4 Å². The van der Waals surface area contributed by atoms with Crippen molar-refractivity contribution in [3.05, 3.63) is 47.8 Å². The van der Waals surface area contributed by atoms with Crippen molar-refractivity contribution in [2.45, 2.75) is 19.8 Å². The van der Waals surface area contributed by atoms with Gasteiger partial charge in [-0.05, 0) is 55.2 Å². The van der Waals surface area contributed by atoms with E-state index in [4.69, 9.17) is 0 Å². The Morgan fingerprint density at radius 3 is 2.63 bits per heavy atom. The van der Waals surface area contributed by atoms with Crippen LogP contribution in [0.1, 0.15) is 17.5 Å². The van der Waals surface area contributed by atoms with E-state index in [0.29, 0.717) is 13.1 Å². The van der Waals surface area contributed by atoms with Crippen molar-refractivity contribution >= 4 is 6.47 Å². The van der Waals surface area contributed by atoms with Crippen molar-refractivity contribution in [3.8, 4) is 11.4 Å². The van der Waals surface area contributed by atoms with Gasteiger partial charge in [-0.2, -0.15) is 0 Å². The molecule has 4 heteroatoms. The van der Waals surface area contributed by atoms with Gasteiger partial charge in [-0.3, -0.25) is 14.8 Å². The Morgan fingerprint density at radius 2 is 1.89 bits per heavy atom. The fourth-order valence-corrected chi connectivity index (χ4v) is 1.85. The Balaban J connectivity index is 2.08. The first kappa shape index (κ1) is 13.2. The van der Waals surface area contributed by atoms with Gasteiger partial charge in [-0.15, -0.1) is 0 Å². The maximum atomic E-state index is 10.0. The second kappa shape index (κ2) is 6.64. The first-order valence-electron chi connectivity index (χ1n) is 6.23. The highest BCUT2D eigenvalue weighted by Crippen LogP contribution is 2.17. The van der Waals surface area contributed by atoms with Gasteiger partial charge in [0.05, 0.1) is 18.0 Å². The van der Waals surface area contributed by atoms with E-state index < -0.39 is 0 Å². The molecule has 0 aliphatic carbocycles. The maximum absolute atomic E-state index is 10.0. The van der Waals surface area contributed by atoms with Crippen molar-refractivity contribution in [1.29, 1.82) is 0 Å². The van der Waals surface area contributed by atoms with E-state index in [2.05, 4.69) is 14.7 Å². The van der Waals surface area contributed by atoms with Gasteiger partial charge < -0.3 is 4.74 Å². The van der Waals surface area contributed by atoms with Crippen LogP contribution in [0.25, 0.3) is 11.4 Å². The molecule has 2 rings (SSSR count). The highest BCUT2D eigenvalue weighted by molar-refractivity contribution is 5.55. The summed E-state index contributed by atoms with van der Waals surface area (Å²) in [5.74, 6) is 0. The number of carbonyl (C=O) groups excluding carboxylic acids is 1. The minimum Gasteiger partial charge on any atom is -0.468 e. The zero-order valence-electron chi connectivity index (χ0n) is 10.9. The quantitative estimate of drug-likeness (QED) is 0.588. The van der Waals surface area contributed by atoms with Gasteiger partial charge in [0.15, 0.2) is 0 Å². The van der Waals surface area contributed by atoms with Crippen LogP contribution in [-0.4, -0.2) is 23.0 Å². The Hall–Kier alpha value is -2.23. The molecule has 2 aromatic rings. The molecule has 0 unspecified atom stereocenters. The normalized spacial score (nSPS) is 10.2. The standard InChI is InChI=1S/C15H16N2O2/c1-12-4-6-16-14(9-12)15-10-13(5-7-17-15)3-2-8-19-11-18/h4-7,9-11H,2-3,8H2,1H3. The van der Waals surface area contributed by atoms with Crippen molar-refractivity contribution in [3.63, 3.8) is 0 Å². The summed E-state index contributed by atoms with van der Waals surface area (Å²) < 4.78 is 4.68. The zero-order valence-corrected chi connectivity index (χ0v) is 10.9. The maximum Gasteiger partial charge on any atom is 0.293 e. The first-order chi connectivity index (χ1) is 9.29. The van der Waals surface area contributed by atoms with Gasteiger partial charge in [-0.25, -0.2) is 0 Å². The molecule has 0 aromatic carbocycles. The van der Waals surface area contributed by atoms with Crippen LogP contribution in [0.3, 0.4) is 0 Å². The molecule has 0 atom stereocenters. The largest absolute Gasteiger partial charge is 0.468 e. The fourth-order valence-electron chi connectivity index (χ4n) is 1.85. The van der Waals surface area contributed by atoms with Gasteiger partial charge in [0, 0.05) is 12.4 Å². The second-order valence-electron chi connectivity index (χ2n) is 4.34. The van der Waals surface area contributed by atoms with E-state index in [9.17, 15) is 4.79 Å². The molecule has 0 radical (unpaired) electrons. The van der Waals surface area contributed by atoms with Crippen LogP contribution in [0.4, 0.5) is 0 Å². The fraction of sp³-hybridized carbons (Fsp3) is 0.267. The van der Waals surface area contributed by atoms with Gasteiger partial charge in [0.2, 0.25) is 0 Å². The predicted octanol–water partition coefficient (Wildman–Crippen LogP) is 2.56. The Kier molecular flexibility index (Phi) is 4.61. The molecule has 0 fully saturated rings. The molecule has 0 N–H and O–H groups in total. The van der Waals surface area contributed by atoms with Crippen LogP contribution in [-0.2, 0) is 16.0 Å². The summed E-state index contributed by atoms with van der Waals surface area (Å²) in [4.78, 5) is 18.7. The molecule has 0 bridgehead atoms. The summed E-state index contributed by atoms with van der Waals surface area (Å²) in [5.41, 5.74) is 4.09. The molecule has 4 nitrogen and oxygen atoms in total. The monoisotopic (exact) mass is 256 g/mol. The topological polar surface area (TPSA) is 52.1 Å². The van der Waals surface area contributed by atoms with E-state index in [1.165, 1.54) is 5.56 Å². The van der Waals surface area contributed by atoms with Crippen molar-refractivity contribution in [1.82, 2.24) is 9.97 Å². The van der Waals surface area contributed by atoms with Crippen LogP contribution in [0.5, 0.6) is 0 Å². The smallest absolute Gasteiger partial charge is 0.293 e. The molecule has 2 heterocycles. The summed E-state index contributed by atoms with van der Waals surface area (Å²) in [7, 11) is 0. The van der Waals surface area contributed by atoms with Crippen LogP contribution in [0, 0.1) is 6.92 Å². The van der Waals surface area contributed by atoms with Gasteiger partial charge in [-0.1, -0.05) is 0 Å². The lowest BCUT2D eigenvalue weighted by Gasteiger charge is -2.04. The average Bonchev–Trinajstić information content (AvgIpc) is 2.44. The van der Waals surface area contributed by atoms with Crippen molar-refractivity contribution in [2.75, 3.05) is 6.61 Å². The summed E-state index contributed by atoms with van der Waals surface area (Å²) in [6.45, 7) is 2.96. The number of hydrogen-bond donors (Lipinski definition) is 0. The molecule has 0 saturated carbocycles. The van der Waals surface area contributed by atoms with Crippen molar-refractivity contribution < 1.29 is 9.53 Å². The molecule has 2 aromatic heterocycles. The SMILES string of the molecule is Cc1ccnc(-c2cc(CCCOC=O)ccn2)c1. The van der Waals surface area contributed by atoms with Gasteiger partial charge in [0.1, 0.15) is 0 Å². The van der Waals surface area contributed by atoms with E-state index in [1.807, 2.05) is 31.2 Å². The van der Waals surface area contributed by atoms with E-state index >= 15 is 0 Å². The lowest BCUT2D eigenvalue weighted by Crippen LogP contribution is -1.96. The molecular weight excluding hydrogens is 240 g/mol. The molecule has 19 heavy (non-hydrogen) atoms. The van der Waals surface area contributed by atoms with Gasteiger partial charge in [0.25, 0.3) is 6.47 Å². The van der Waals surface area contributed by atoms with E-state index in [-0.39, 0.29) is 0 Å². The molecule has 98 valence electrons. The summed E-state index contributed by atoms with van der Waals surface area (Å²) in [5, 5.41) is 0. The Labute approximate surface area is 112 Å². The number of pyridine rings is 2. The lowest BCUT2D eigenvalue weighted by molar-refractivity contribution is -0.128. The van der Waals surface area contributed by atoms with Crippen LogP contribution in [0.15, 0.2) is 36.7 Å². The molecule has 0 aliphatic rings. The minimum atomic E-state index is 0.448. The number of carbonyl (C=O) groups is 1. The first-order valence-corrected chi connectivity index (χ1v) is 6.23. The summed E-state index contributed by atoms with van der Waals surface area (Å²) in [6.07, 6.45) is 5.24. The van der Waals surface area contributed by atoms with Crippen molar-refractivity contribution in [2.24, 2.45) is 0 Å². The molecular formula is C15H16N2O2. The highest BCUT2D eigenvalue weighted by Gasteiger charge is 2.02. The van der Waals surface area contributed by atoms with E-state index in [0.717, 1.165) is 29.8 Å². The molecule has 0 amide bonds. The average molecular weight is 256 g/mol. The molecule has 0 saturated heterocycles. The summed E-state index contributed by atoms with van der Waals surface area (Å²) in [6, 6.07) is 7.98. The lowest BCUT2D eigenvalue weighted by atomic mass is 10.1. The number of ether oxygens (including phenoxy) is 1. The zero-order chi connectivity index (χ0) is 13.5. The second-order valence-corrected chi connectivity index (χ2v) is 4.34. The third-order valence-electron chi connectivity index (χ3n) is 2.80. The summed E-state index contributed by atoms with van der Waals surface area (Å²) >= 11 is 0. The number of aromatic nitrogens is 2. The van der Waals surface area contributed by atoms with Crippen LogP contribution >= 0.6 is 0 Å². The third kappa shape index (κ3) is 3.88. The number of rotatable bonds is 6.